The fourth-order valence-corrected chi connectivity index (χ4v) is 3.20. The van der Waals surface area contributed by atoms with Gasteiger partial charge in [-0.15, -0.1) is 0 Å². The maximum Gasteiger partial charge on any atom is 0.137 e. The third-order valence-corrected chi connectivity index (χ3v) is 4.34. The summed E-state index contributed by atoms with van der Waals surface area (Å²) in [4.78, 5) is 12.6. The molecule has 1 fully saturated rings. The van der Waals surface area contributed by atoms with Gasteiger partial charge in [-0.3, -0.25) is 4.98 Å². The third-order valence-electron chi connectivity index (χ3n) is 4.34. The topological polar surface area (TPSA) is 59.9 Å². The summed E-state index contributed by atoms with van der Waals surface area (Å²) < 4.78 is 32.6. The van der Waals surface area contributed by atoms with Crippen molar-refractivity contribution >= 4 is 16.7 Å². The lowest BCUT2D eigenvalue weighted by molar-refractivity contribution is 0.196. The van der Waals surface area contributed by atoms with Gasteiger partial charge in [-0.25, -0.2) is 18.7 Å². The Hall–Kier alpha value is -2.83. The lowest BCUT2D eigenvalue weighted by Gasteiger charge is -2.23. The number of ether oxygens (including phenoxy) is 1. The van der Waals surface area contributed by atoms with Gasteiger partial charge in [0, 0.05) is 29.8 Å². The number of nitrogens with zero attached hydrogens (tertiary/aromatic N) is 3. The Morgan fingerprint density at radius 3 is 2.76 bits per heavy atom. The number of fused-ring (bicyclic) bond motifs is 1. The van der Waals surface area contributed by atoms with Crippen LogP contribution in [0.25, 0.3) is 10.9 Å². The van der Waals surface area contributed by atoms with Crippen molar-refractivity contribution < 1.29 is 13.5 Å². The Bertz CT molecular complexity index is 880. The van der Waals surface area contributed by atoms with Crippen LogP contribution in [0.1, 0.15) is 19.3 Å². The highest BCUT2D eigenvalue weighted by molar-refractivity contribution is 5.88. The maximum atomic E-state index is 13.4. The van der Waals surface area contributed by atoms with Crippen molar-refractivity contribution in [1.29, 1.82) is 0 Å². The molecule has 1 N–H and O–H groups in total. The molecule has 128 valence electrons. The van der Waals surface area contributed by atoms with Gasteiger partial charge in [-0.1, -0.05) is 0 Å². The molecule has 0 bridgehead atoms. The van der Waals surface area contributed by atoms with Gasteiger partial charge in [0.2, 0.25) is 0 Å². The van der Waals surface area contributed by atoms with Crippen molar-refractivity contribution in [2.75, 3.05) is 5.32 Å². The van der Waals surface area contributed by atoms with Gasteiger partial charge in [-0.05, 0) is 25.3 Å². The second-order valence-corrected chi connectivity index (χ2v) is 6.06. The molecule has 2 heterocycles. The van der Waals surface area contributed by atoms with E-state index in [-0.39, 0.29) is 17.9 Å². The van der Waals surface area contributed by atoms with Gasteiger partial charge in [-0.2, -0.15) is 0 Å². The molecule has 1 aromatic carbocycles. The summed E-state index contributed by atoms with van der Waals surface area (Å²) in [5, 5.41) is 4.27. The molecule has 7 heteroatoms. The summed E-state index contributed by atoms with van der Waals surface area (Å²) in [7, 11) is 0. The largest absolute Gasteiger partial charge is 0.488 e. The van der Waals surface area contributed by atoms with Crippen molar-refractivity contribution in [3.8, 4) is 5.75 Å². The Balaban J connectivity index is 1.55. The summed E-state index contributed by atoms with van der Waals surface area (Å²) in [6, 6.07) is 5.08. The molecule has 25 heavy (non-hydrogen) atoms. The Morgan fingerprint density at radius 1 is 1.08 bits per heavy atom. The van der Waals surface area contributed by atoms with Gasteiger partial charge in [0.25, 0.3) is 0 Å². The van der Waals surface area contributed by atoms with Crippen LogP contribution in [0.3, 0.4) is 0 Å². The van der Waals surface area contributed by atoms with E-state index < -0.39 is 11.6 Å². The van der Waals surface area contributed by atoms with E-state index in [2.05, 4.69) is 20.3 Å². The van der Waals surface area contributed by atoms with Gasteiger partial charge >= 0.3 is 0 Å². The zero-order chi connectivity index (χ0) is 17.2. The molecule has 2 aromatic heterocycles. The highest BCUT2D eigenvalue weighted by Gasteiger charge is 2.30. The smallest absolute Gasteiger partial charge is 0.137 e. The number of rotatable bonds is 4. The van der Waals surface area contributed by atoms with Crippen molar-refractivity contribution in [2.24, 2.45) is 0 Å². The number of hydrogen-bond donors (Lipinski definition) is 1. The highest BCUT2D eigenvalue weighted by atomic mass is 19.1. The molecule has 0 aliphatic heterocycles. The van der Waals surface area contributed by atoms with Crippen LogP contribution in [-0.4, -0.2) is 27.1 Å². The second-order valence-electron chi connectivity index (χ2n) is 6.06. The zero-order valence-corrected chi connectivity index (χ0v) is 13.3. The van der Waals surface area contributed by atoms with Crippen molar-refractivity contribution in [1.82, 2.24) is 15.0 Å². The first-order chi connectivity index (χ1) is 12.2. The van der Waals surface area contributed by atoms with Gasteiger partial charge in [0.1, 0.15) is 35.6 Å². The van der Waals surface area contributed by atoms with Gasteiger partial charge in [0.15, 0.2) is 0 Å². The van der Waals surface area contributed by atoms with Crippen LogP contribution in [0.4, 0.5) is 14.6 Å². The van der Waals surface area contributed by atoms with Crippen LogP contribution in [0.2, 0.25) is 0 Å². The summed E-state index contributed by atoms with van der Waals surface area (Å²) in [6.07, 6.45) is 7.33. The molecule has 0 spiro atoms. The van der Waals surface area contributed by atoms with Crippen LogP contribution in [-0.2, 0) is 0 Å². The number of hydrogen-bond acceptors (Lipinski definition) is 5. The molecule has 0 radical (unpaired) electrons. The normalized spacial score (nSPS) is 19.9. The summed E-state index contributed by atoms with van der Waals surface area (Å²) in [6.45, 7) is 0. The van der Waals surface area contributed by atoms with E-state index in [4.69, 9.17) is 4.74 Å². The van der Waals surface area contributed by atoms with Crippen LogP contribution in [0.5, 0.6) is 5.75 Å². The molecule has 5 nitrogen and oxygen atoms in total. The highest BCUT2D eigenvalue weighted by Crippen LogP contribution is 2.29. The van der Waals surface area contributed by atoms with Gasteiger partial charge < -0.3 is 10.1 Å². The molecule has 2 atom stereocenters. The van der Waals surface area contributed by atoms with E-state index in [9.17, 15) is 8.78 Å². The Labute approximate surface area is 143 Å². The SMILES string of the molecule is Fc1cc(F)cc(O[C@@H]2CCC[C@@H]2Nc2ncnc3cnccc23)c1. The molecule has 3 aromatic rings. The fourth-order valence-electron chi connectivity index (χ4n) is 3.20. The van der Waals surface area contributed by atoms with E-state index in [1.54, 1.807) is 12.4 Å². The number of halogens is 2. The lowest BCUT2D eigenvalue weighted by Crippen LogP contribution is -2.33. The van der Waals surface area contributed by atoms with E-state index >= 15 is 0 Å². The average Bonchev–Trinajstić information content (AvgIpc) is 3.01. The minimum absolute atomic E-state index is 0.00223. The summed E-state index contributed by atoms with van der Waals surface area (Å²) in [5.41, 5.74) is 0.752. The molecule has 1 saturated carbocycles. The molecular formula is C18H16F2N4O. The first kappa shape index (κ1) is 15.7. The van der Waals surface area contributed by atoms with Crippen molar-refractivity contribution in [3.05, 3.63) is 54.6 Å². The van der Waals surface area contributed by atoms with Gasteiger partial charge in [0.05, 0.1) is 17.8 Å². The molecule has 4 rings (SSSR count). The average molecular weight is 342 g/mol. The van der Waals surface area contributed by atoms with Crippen molar-refractivity contribution in [3.63, 3.8) is 0 Å². The number of benzene rings is 1. The van der Waals surface area contributed by atoms with Crippen LogP contribution in [0.15, 0.2) is 43.0 Å². The molecule has 0 unspecified atom stereocenters. The van der Waals surface area contributed by atoms with Crippen molar-refractivity contribution in [2.45, 2.75) is 31.4 Å². The fraction of sp³-hybridized carbons (Fsp3) is 0.278. The molecular weight excluding hydrogens is 326 g/mol. The van der Waals surface area contributed by atoms with E-state index in [1.165, 1.54) is 18.5 Å². The molecule has 1 aliphatic rings. The standard InChI is InChI=1S/C18H16F2N4O/c19-11-6-12(20)8-13(7-11)25-17-3-1-2-15(17)24-18-14-4-5-21-9-16(14)22-10-23-18/h4-10,15,17H,1-3H2,(H,22,23,24)/t15-,17+/m0/s1. The Morgan fingerprint density at radius 2 is 1.92 bits per heavy atom. The third kappa shape index (κ3) is 3.35. The maximum absolute atomic E-state index is 13.4. The minimum Gasteiger partial charge on any atom is -0.488 e. The first-order valence-electron chi connectivity index (χ1n) is 8.13. The van der Waals surface area contributed by atoms with Crippen LogP contribution >= 0.6 is 0 Å². The lowest BCUT2D eigenvalue weighted by atomic mass is 10.2. The molecule has 0 amide bonds. The van der Waals surface area contributed by atoms with E-state index in [0.717, 1.165) is 36.2 Å². The predicted octanol–water partition coefficient (Wildman–Crippen LogP) is 3.72. The zero-order valence-electron chi connectivity index (χ0n) is 13.3. The monoisotopic (exact) mass is 342 g/mol. The number of pyridine rings is 1. The summed E-state index contributed by atoms with van der Waals surface area (Å²) in [5.74, 6) is -0.384. The van der Waals surface area contributed by atoms with E-state index in [0.29, 0.717) is 5.82 Å². The number of nitrogens with one attached hydrogen (secondary N) is 1. The number of anilines is 1. The molecule has 1 aliphatic carbocycles. The summed E-state index contributed by atoms with van der Waals surface area (Å²) >= 11 is 0. The quantitative estimate of drug-likeness (QED) is 0.783. The van der Waals surface area contributed by atoms with Crippen LogP contribution < -0.4 is 10.1 Å². The predicted molar refractivity (Wildman–Crippen MR) is 89.4 cm³/mol. The molecule has 0 saturated heterocycles. The minimum atomic E-state index is -0.646. The number of aromatic nitrogens is 3. The Kier molecular flexibility index (Phi) is 4.13. The first-order valence-corrected chi connectivity index (χ1v) is 8.13. The second kappa shape index (κ2) is 6.58. The van der Waals surface area contributed by atoms with E-state index in [1.807, 2.05) is 6.07 Å². The van der Waals surface area contributed by atoms with Crippen LogP contribution in [0, 0.1) is 11.6 Å².